The Morgan fingerprint density at radius 2 is 1.89 bits per heavy atom. The Kier molecular flexibility index (Phi) is 4.67. The fraction of sp³-hybridized carbons (Fsp3) is 0.826. The Morgan fingerprint density at radius 3 is 2.59 bits per heavy atom. The summed E-state index contributed by atoms with van der Waals surface area (Å²) in [6, 6.07) is 0. The van der Waals surface area contributed by atoms with Crippen LogP contribution in [-0.4, -0.2) is 22.2 Å². The van der Waals surface area contributed by atoms with Gasteiger partial charge in [0.15, 0.2) is 0 Å². The molecule has 0 aromatic heterocycles. The van der Waals surface area contributed by atoms with Gasteiger partial charge in [-0.05, 0) is 92.3 Å². The van der Waals surface area contributed by atoms with Gasteiger partial charge in [0.25, 0.3) is 0 Å². The van der Waals surface area contributed by atoms with E-state index in [1.165, 1.54) is 18.4 Å². The van der Waals surface area contributed by atoms with Crippen LogP contribution in [0.1, 0.15) is 78.1 Å². The van der Waals surface area contributed by atoms with Crippen molar-refractivity contribution in [2.75, 3.05) is 0 Å². The third kappa shape index (κ3) is 2.86. The lowest BCUT2D eigenvalue weighted by Crippen LogP contribution is -2.54. The maximum atomic E-state index is 12.3. The van der Waals surface area contributed by atoms with Crippen LogP contribution in [0.5, 0.6) is 0 Å². The van der Waals surface area contributed by atoms with Crippen molar-refractivity contribution in [1.29, 1.82) is 0 Å². The number of rotatable bonds is 4. The highest BCUT2D eigenvalue weighted by atomic mass is 16.4. The fourth-order valence-electron chi connectivity index (χ4n) is 7.88. The lowest BCUT2D eigenvalue weighted by Gasteiger charge is -2.60. The average molecular weight is 375 g/mol. The Balaban J connectivity index is 1.67. The quantitative estimate of drug-likeness (QED) is 0.669. The van der Waals surface area contributed by atoms with Crippen molar-refractivity contribution in [1.82, 2.24) is 0 Å². The van der Waals surface area contributed by atoms with Crippen LogP contribution < -0.4 is 0 Å². The second kappa shape index (κ2) is 6.63. The van der Waals surface area contributed by atoms with Gasteiger partial charge in [-0.15, -0.1) is 0 Å². The molecule has 0 heterocycles. The zero-order chi connectivity index (χ0) is 19.4. The first kappa shape index (κ1) is 19.0. The van der Waals surface area contributed by atoms with Crippen LogP contribution in [-0.2, 0) is 9.59 Å². The van der Waals surface area contributed by atoms with E-state index in [0.717, 1.165) is 44.9 Å². The number of aliphatic carboxylic acids is 2. The van der Waals surface area contributed by atoms with Crippen LogP contribution in [0.15, 0.2) is 11.6 Å². The van der Waals surface area contributed by atoms with E-state index in [1.54, 1.807) is 0 Å². The monoisotopic (exact) mass is 374 g/mol. The smallest absolute Gasteiger partial charge is 0.307 e. The van der Waals surface area contributed by atoms with Crippen molar-refractivity contribution in [2.45, 2.75) is 78.1 Å². The van der Waals surface area contributed by atoms with Crippen molar-refractivity contribution in [2.24, 2.45) is 40.4 Å². The largest absolute Gasteiger partial charge is 0.481 e. The van der Waals surface area contributed by atoms with Gasteiger partial charge in [-0.1, -0.05) is 25.5 Å². The topological polar surface area (TPSA) is 74.6 Å². The lowest BCUT2D eigenvalue weighted by atomic mass is 9.44. The number of fused-ring (bicyclic) bond motifs is 5. The van der Waals surface area contributed by atoms with Crippen molar-refractivity contribution < 1.29 is 19.8 Å². The normalized spacial score (nSPS) is 46.0. The van der Waals surface area contributed by atoms with E-state index in [1.807, 2.05) is 0 Å². The van der Waals surface area contributed by atoms with Gasteiger partial charge in [-0.25, -0.2) is 0 Å². The molecule has 4 heteroatoms. The fourth-order valence-corrected chi connectivity index (χ4v) is 7.88. The summed E-state index contributed by atoms with van der Waals surface area (Å²) in [5.74, 6) is 0.0430. The highest BCUT2D eigenvalue weighted by Crippen LogP contribution is 2.68. The standard InChI is InChI=1S/C23H34O4/c1-22-11-4-3-5-15(22)13-16(21(26)27)20-17-8-6-14(7-9-19(24)25)23(17,2)12-10-18(20)22/h5,14,16-18,20H,3-4,6-13H2,1-2H3,(H,24,25)(H,26,27)/t14-,16-,17+,18+,20+,22+,23-/m1/s1. The third-order valence-electron chi connectivity index (χ3n) is 9.30. The second-order valence-electron chi connectivity index (χ2n) is 10.2. The molecule has 0 amide bonds. The number of carboxylic acid groups (broad SMARTS) is 2. The van der Waals surface area contributed by atoms with Gasteiger partial charge in [-0.3, -0.25) is 9.59 Å². The van der Waals surface area contributed by atoms with E-state index in [4.69, 9.17) is 5.11 Å². The minimum absolute atomic E-state index is 0.122. The van der Waals surface area contributed by atoms with E-state index < -0.39 is 11.9 Å². The first-order valence-corrected chi connectivity index (χ1v) is 10.9. The molecule has 0 bridgehead atoms. The molecular formula is C23H34O4. The van der Waals surface area contributed by atoms with Crippen molar-refractivity contribution in [3.63, 3.8) is 0 Å². The Hall–Kier alpha value is -1.32. The van der Waals surface area contributed by atoms with Crippen LogP contribution in [0.2, 0.25) is 0 Å². The third-order valence-corrected chi connectivity index (χ3v) is 9.30. The summed E-state index contributed by atoms with van der Waals surface area (Å²) in [7, 11) is 0. The predicted octanol–water partition coefficient (Wildman–Crippen LogP) is 5.13. The number of carboxylic acids is 2. The molecule has 4 aliphatic rings. The number of hydrogen-bond donors (Lipinski definition) is 2. The van der Waals surface area contributed by atoms with Gasteiger partial charge < -0.3 is 10.2 Å². The van der Waals surface area contributed by atoms with Crippen LogP contribution in [0.4, 0.5) is 0 Å². The van der Waals surface area contributed by atoms with Crippen LogP contribution in [0.25, 0.3) is 0 Å². The Morgan fingerprint density at radius 1 is 1.11 bits per heavy atom. The summed E-state index contributed by atoms with van der Waals surface area (Å²) in [6.07, 6.45) is 12.0. The van der Waals surface area contributed by atoms with Crippen molar-refractivity contribution in [3.8, 4) is 0 Å². The average Bonchev–Trinajstić information content (AvgIpc) is 2.95. The zero-order valence-electron chi connectivity index (χ0n) is 16.7. The molecule has 150 valence electrons. The summed E-state index contributed by atoms with van der Waals surface area (Å²) in [4.78, 5) is 23.4. The highest BCUT2D eigenvalue weighted by Gasteiger charge is 2.61. The van der Waals surface area contributed by atoms with E-state index in [-0.39, 0.29) is 29.1 Å². The number of allylic oxidation sites excluding steroid dienone is 2. The van der Waals surface area contributed by atoms with E-state index >= 15 is 0 Å². The number of carbonyl (C=O) groups is 2. The molecule has 0 aromatic carbocycles. The predicted molar refractivity (Wildman–Crippen MR) is 103 cm³/mol. The minimum atomic E-state index is -0.707. The molecule has 4 aliphatic carbocycles. The molecule has 0 unspecified atom stereocenters. The minimum Gasteiger partial charge on any atom is -0.481 e. The summed E-state index contributed by atoms with van der Waals surface area (Å²) in [6.45, 7) is 4.76. The zero-order valence-corrected chi connectivity index (χ0v) is 16.7. The lowest BCUT2D eigenvalue weighted by molar-refractivity contribution is -0.154. The second-order valence-corrected chi connectivity index (χ2v) is 10.2. The molecule has 4 rings (SSSR count). The molecule has 0 aliphatic heterocycles. The molecule has 0 saturated heterocycles. The maximum absolute atomic E-state index is 12.3. The van der Waals surface area contributed by atoms with E-state index in [9.17, 15) is 14.7 Å². The van der Waals surface area contributed by atoms with Crippen LogP contribution in [0, 0.1) is 40.4 Å². The summed E-state index contributed by atoms with van der Waals surface area (Å²) >= 11 is 0. The Bertz CT molecular complexity index is 667. The van der Waals surface area contributed by atoms with Gasteiger partial charge in [0.05, 0.1) is 5.92 Å². The van der Waals surface area contributed by atoms with Gasteiger partial charge in [0.2, 0.25) is 0 Å². The van der Waals surface area contributed by atoms with Crippen LogP contribution >= 0.6 is 0 Å². The van der Waals surface area contributed by atoms with E-state index in [2.05, 4.69) is 19.9 Å². The number of hydrogen-bond acceptors (Lipinski definition) is 2. The van der Waals surface area contributed by atoms with Gasteiger partial charge in [-0.2, -0.15) is 0 Å². The first-order valence-electron chi connectivity index (χ1n) is 10.9. The first-order chi connectivity index (χ1) is 12.8. The molecular weight excluding hydrogens is 340 g/mol. The maximum Gasteiger partial charge on any atom is 0.307 e. The SMILES string of the molecule is C[C@]12CC[C@H]3[C@@H]([C@H](C(=O)O)CC4=CCCC[C@@]43C)[C@@H]1CC[C@@H]2CCC(=O)O. The van der Waals surface area contributed by atoms with Crippen molar-refractivity contribution in [3.05, 3.63) is 11.6 Å². The highest BCUT2D eigenvalue weighted by molar-refractivity contribution is 5.71. The van der Waals surface area contributed by atoms with Gasteiger partial charge >= 0.3 is 11.9 Å². The molecule has 3 saturated carbocycles. The Labute approximate surface area is 162 Å². The van der Waals surface area contributed by atoms with E-state index in [0.29, 0.717) is 17.8 Å². The van der Waals surface area contributed by atoms with Gasteiger partial charge in [0, 0.05) is 6.42 Å². The molecule has 2 N–H and O–H groups in total. The molecule has 27 heavy (non-hydrogen) atoms. The summed E-state index contributed by atoms with van der Waals surface area (Å²) in [5.41, 5.74) is 1.73. The molecule has 4 nitrogen and oxygen atoms in total. The summed E-state index contributed by atoms with van der Waals surface area (Å²) in [5, 5.41) is 19.2. The van der Waals surface area contributed by atoms with Crippen LogP contribution in [0.3, 0.4) is 0 Å². The summed E-state index contributed by atoms with van der Waals surface area (Å²) < 4.78 is 0. The molecule has 0 spiro atoms. The molecule has 7 atom stereocenters. The molecule has 3 fully saturated rings. The van der Waals surface area contributed by atoms with Gasteiger partial charge in [0.1, 0.15) is 0 Å². The molecule has 0 aromatic rings. The van der Waals surface area contributed by atoms with Crippen molar-refractivity contribution >= 4 is 11.9 Å². The molecule has 0 radical (unpaired) electrons.